The molecule has 180 valence electrons. The number of carbonyl (C=O) groups excluding carboxylic acids is 2. The van der Waals surface area contributed by atoms with Crippen LogP contribution in [0.1, 0.15) is 47.0 Å². The van der Waals surface area contributed by atoms with E-state index in [9.17, 15) is 14.4 Å². The Bertz CT molecular complexity index is 1040. The molecule has 1 aliphatic heterocycles. The first kappa shape index (κ1) is 24.4. The summed E-state index contributed by atoms with van der Waals surface area (Å²) in [6.45, 7) is 0.606. The standard InChI is InChI=1S/C25H27ClN2O5S/c26-21-19-3-1-2-4-20(19)34-22(21)24(30)28-14-13-27-23(29)15-5-9-17(10-6-15)33-18-11-7-16(8-12-18)25(31)32/h1-6,9-10,16,18,21-22H,7-8,11-14H2,(H,27,29)(H,28,30)(H,31,32)/t16-,18+,21?,22?. The molecule has 1 heterocycles. The fourth-order valence-corrected chi connectivity index (χ4v) is 5.97. The number of carboxylic acid groups (broad SMARTS) is 1. The molecule has 0 aromatic heterocycles. The molecule has 0 saturated heterocycles. The molecule has 2 aliphatic rings. The van der Waals surface area contributed by atoms with Gasteiger partial charge in [-0.15, -0.1) is 23.4 Å². The van der Waals surface area contributed by atoms with Crippen LogP contribution in [0, 0.1) is 5.92 Å². The van der Waals surface area contributed by atoms with Crippen molar-refractivity contribution < 1.29 is 24.2 Å². The van der Waals surface area contributed by atoms with Gasteiger partial charge >= 0.3 is 5.97 Å². The fourth-order valence-electron chi connectivity index (χ4n) is 4.23. The van der Waals surface area contributed by atoms with Gasteiger partial charge in [-0.2, -0.15) is 0 Å². The van der Waals surface area contributed by atoms with E-state index < -0.39 is 5.97 Å². The van der Waals surface area contributed by atoms with Crippen LogP contribution in [0.2, 0.25) is 0 Å². The van der Waals surface area contributed by atoms with Gasteiger partial charge in [0.2, 0.25) is 5.91 Å². The number of aliphatic carboxylic acids is 1. The Morgan fingerprint density at radius 1 is 0.971 bits per heavy atom. The zero-order valence-corrected chi connectivity index (χ0v) is 20.1. The number of ether oxygens (including phenoxy) is 1. The molecule has 1 fully saturated rings. The second-order valence-corrected chi connectivity index (χ2v) is 10.1. The summed E-state index contributed by atoms with van der Waals surface area (Å²) in [5.41, 5.74) is 1.47. The molecule has 4 rings (SSSR count). The van der Waals surface area contributed by atoms with Crippen LogP contribution in [-0.4, -0.2) is 47.3 Å². The van der Waals surface area contributed by atoms with E-state index in [1.807, 2.05) is 24.3 Å². The van der Waals surface area contributed by atoms with Crippen molar-refractivity contribution in [3.05, 3.63) is 59.7 Å². The molecule has 2 unspecified atom stereocenters. The summed E-state index contributed by atoms with van der Waals surface area (Å²) in [6, 6.07) is 14.6. The predicted molar refractivity (Wildman–Crippen MR) is 130 cm³/mol. The Kier molecular flexibility index (Phi) is 8.00. The Morgan fingerprint density at radius 3 is 2.32 bits per heavy atom. The van der Waals surface area contributed by atoms with E-state index in [1.165, 1.54) is 11.8 Å². The lowest BCUT2D eigenvalue weighted by molar-refractivity contribution is -0.143. The van der Waals surface area contributed by atoms with E-state index >= 15 is 0 Å². The highest BCUT2D eigenvalue weighted by molar-refractivity contribution is 8.01. The van der Waals surface area contributed by atoms with Gasteiger partial charge in [-0.1, -0.05) is 18.2 Å². The Morgan fingerprint density at radius 2 is 1.65 bits per heavy atom. The number of nitrogens with one attached hydrogen (secondary N) is 2. The van der Waals surface area contributed by atoms with Crippen molar-refractivity contribution in [3.8, 4) is 5.75 Å². The number of carbonyl (C=O) groups is 3. The van der Waals surface area contributed by atoms with Crippen LogP contribution in [0.5, 0.6) is 5.75 Å². The van der Waals surface area contributed by atoms with Crippen LogP contribution in [-0.2, 0) is 9.59 Å². The number of amides is 2. The smallest absolute Gasteiger partial charge is 0.306 e. The summed E-state index contributed by atoms with van der Waals surface area (Å²) in [6.07, 6.45) is 2.66. The van der Waals surface area contributed by atoms with Gasteiger partial charge in [-0.3, -0.25) is 14.4 Å². The summed E-state index contributed by atoms with van der Waals surface area (Å²) >= 11 is 7.91. The monoisotopic (exact) mass is 502 g/mol. The van der Waals surface area contributed by atoms with Crippen molar-refractivity contribution in [3.63, 3.8) is 0 Å². The second kappa shape index (κ2) is 11.1. The van der Waals surface area contributed by atoms with Crippen LogP contribution in [0.25, 0.3) is 0 Å². The first-order valence-electron chi connectivity index (χ1n) is 11.4. The van der Waals surface area contributed by atoms with Crippen molar-refractivity contribution in [2.75, 3.05) is 13.1 Å². The molecule has 2 aromatic rings. The lowest BCUT2D eigenvalue weighted by Crippen LogP contribution is -2.39. The maximum atomic E-state index is 12.5. The normalized spacial score (nSPS) is 23.6. The highest BCUT2D eigenvalue weighted by Gasteiger charge is 2.36. The van der Waals surface area contributed by atoms with Gasteiger partial charge in [-0.25, -0.2) is 0 Å². The van der Waals surface area contributed by atoms with Crippen LogP contribution in [0.3, 0.4) is 0 Å². The van der Waals surface area contributed by atoms with Crippen molar-refractivity contribution in [2.24, 2.45) is 5.92 Å². The maximum absolute atomic E-state index is 12.5. The van der Waals surface area contributed by atoms with Crippen molar-refractivity contribution >= 4 is 41.1 Å². The number of fused-ring (bicyclic) bond motifs is 1. The molecule has 2 amide bonds. The molecular weight excluding hydrogens is 476 g/mol. The van der Waals surface area contributed by atoms with Gasteiger partial charge in [0.05, 0.1) is 17.4 Å². The third kappa shape index (κ3) is 5.85. The number of halogens is 1. The molecule has 0 bridgehead atoms. The van der Waals surface area contributed by atoms with Gasteiger partial charge in [0.15, 0.2) is 0 Å². The summed E-state index contributed by atoms with van der Waals surface area (Å²) < 4.78 is 5.94. The molecular formula is C25H27ClN2O5S. The SMILES string of the molecule is O=C(NCCNC(=O)C1Sc2ccccc2C1Cl)c1ccc(O[C@H]2CC[C@@H](C(=O)O)CC2)cc1. The summed E-state index contributed by atoms with van der Waals surface area (Å²) in [5, 5.41) is 14.0. The molecule has 0 spiro atoms. The van der Waals surface area contributed by atoms with Gasteiger partial charge in [0.1, 0.15) is 11.0 Å². The van der Waals surface area contributed by atoms with Gasteiger partial charge < -0.3 is 20.5 Å². The minimum Gasteiger partial charge on any atom is -0.490 e. The number of benzene rings is 2. The number of carboxylic acids is 1. The summed E-state index contributed by atoms with van der Waals surface area (Å²) in [7, 11) is 0. The quantitative estimate of drug-likeness (QED) is 0.372. The molecule has 3 N–H and O–H groups in total. The van der Waals surface area contributed by atoms with Crippen LogP contribution >= 0.6 is 23.4 Å². The third-order valence-electron chi connectivity index (χ3n) is 6.15. The number of hydrogen-bond acceptors (Lipinski definition) is 5. The Labute approximate surface area is 207 Å². The van der Waals surface area contributed by atoms with E-state index in [2.05, 4.69) is 10.6 Å². The van der Waals surface area contributed by atoms with E-state index in [0.717, 1.165) is 10.5 Å². The lowest BCUT2D eigenvalue weighted by Gasteiger charge is -2.26. The maximum Gasteiger partial charge on any atom is 0.306 e. The van der Waals surface area contributed by atoms with E-state index in [1.54, 1.807) is 24.3 Å². The number of thioether (sulfide) groups is 1. The van der Waals surface area contributed by atoms with Gasteiger partial charge in [0, 0.05) is 23.5 Å². The van der Waals surface area contributed by atoms with E-state index in [4.69, 9.17) is 21.4 Å². The molecule has 1 aliphatic carbocycles. The van der Waals surface area contributed by atoms with Crippen molar-refractivity contribution in [1.82, 2.24) is 10.6 Å². The van der Waals surface area contributed by atoms with Crippen molar-refractivity contribution in [2.45, 2.75) is 47.3 Å². The molecule has 7 nitrogen and oxygen atoms in total. The van der Waals surface area contributed by atoms with Crippen LogP contribution < -0.4 is 15.4 Å². The minimum absolute atomic E-state index is 0.00250. The molecule has 9 heteroatoms. The zero-order valence-electron chi connectivity index (χ0n) is 18.5. The van der Waals surface area contributed by atoms with Crippen LogP contribution in [0.4, 0.5) is 0 Å². The highest BCUT2D eigenvalue weighted by atomic mass is 35.5. The minimum atomic E-state index is -0.736. The predicted octanol–water partition coefficient (Wildman–Crippen LogP) is 4.01. The summed E-state index contributed by atoms with van der Waals surface area (Å²) in [5.74, 6) is -0.733. The average molecular weight is 503 g/mol. The fraction of sp³-hybridized carbons (Fsp3) is 0.400. The first-order chi connectivity index (χ1) is 16.4. The zero-order chi connectivity index (χ0) is 24.1. The molecule has 1 saturated carbocycles. The Balaban J connectivity index is 1.17. The largest absolute Gasteiger partial charge is 0.490 e. The molecule has 34 heavy (non-hydrogen) atoms. The summed E-state index contributed by atoms with van der Waals surface area (Å²) in [4.78, 5) is 37.0. The van der Waals surface area contributed by atoms with Crippen molar-refractivity contribution in [1.29, 1.82) is 0 Å². The number of hydrogen-bond donors (Lipinski definition) is 3. The molecule has 2 atom stereocenters. The average Bonchev–Trinajstić information content (AvgIpc) is 3.19. The van der Waals surface area contributed by atoms with Crippen LogP contribution in [0.15, 0.2) is 53.4 Å². The Hall–Kier alpha value is -2.71. The highest BCUT2D eigenvalue weighted by Crippen LogP contribution is 2.47. The molecule has 2 aromatic carbocycles. The van der Waals surface area contributed by atoms with Gasteiger partial charge in [0.25, 0.3) is 5.91 Å². The number of rotatable bonds is 8. The van der Waals surface area contributed by atoms with E-state index in [0.29, 0.717) is 50.1 Å². The topological polar surface area (TPSA) is 105 Å². The van der Waals surface area contributed by atoms with E-state index in [-0.39, 0.29) is 34.5 Å². The lowest BCUT2D eigenvalue weighted by atomic mass is 9.87. The van der Waals surface area contributed by atoms with Gasteiger partial charge in [-0.05, 0) is 61.6 Å². The molecule has 0 radical (unpaired) electrons. The first-order valence-corrected chi connectivity index (χ1v) is 12.7. The number of alkyl halides is 1. The second-order valence-electron chi connectivity index (χ2n) is 8.48. The third-order valence-corrected chi connectivity index (χ3v) is 8.15.